The average molecular weight is 504 g/mol. The predicted molar refractivity (Wildman–Crippen MR) is 137 cm³/mol. The number of nitro benzene ring substituents is 1. The lowest BCUT2D eigenvalue weighted by Gasteiger charge is -2.34. The number of aromatic nitrogens is 2. The van der Waals surface area contributed by atoms with Crippen LogP contribution in [0, 0.1) is 17.0 Å². The summed E-state index contributed by atoms with van der Waals surface area (Å²) >= 11 is 0. The molecular formula is C27H29N5O5. The van der Waals surface area contributed by atoms with Gasteiger partial charge in [0.25, 0.3) is 11.6 Å². The Morgan fingerprint density at radius 2 is 1.86 bits per heavy atom. The molecule has 0 aliphatic carbocycles. The SMILES string of the molecule is COc1ccc(Cc2nc3c(c(N4CCOCC4)n2)CN(C(=O)c2ccc(C)c([N+](=O)[O-])c2)CC3)cc1. The number of morpholine rings is 1. The van der Waals surface area contributed by atoms with Gasteiger partial charge in [0.2, 0.25) is 0 Å². The van der Waals surface area contributed by atoms with Crippen LogP contribution >= 0.6 is 0 Å². The number of carbonyl (C=O) groups excluding carboxylic acids is 1. The summed E-state index contributed by atoms with van der Waals surface area (Å²) in [6.45, 7) is 5.15. The van der Waals surface area contributed by atoms with E-state index >= 15 is 0 Å². The Balaban J connectivity index is 1.45. The van der Waals surface area contributed by atoms with Gasteiger partial charge in [-0.3, -0.25) is 14.9 Å². The second-order valence-electron chi connectivity index (χ2n) is 9.25. The van der Waals surface area contributed by atoms with Gasteiger partial charge in [0.15, 0.2) is 0 Å². The molecule has 3 aromatic rings. The number of rotatable bonds is 6. The fourth-order valence-electron chi connectivity index (χ4n) is 4.78. The predicted octanol–water partition coefficient (Wildman–Crippen LogP) is 3.33. The molecule has 2 aromatic carbocycles. The third-order valence-corrected chi connectivity index (χ3v) is 6.86. The van der Waals surface area contributed by atoms with Crippen LogP contribution in [0.4, 0.5) is 11.5 Å². The van der Waals surface area contributed by atoms with Crippen molar-refractivity contribution in [3.63, 3.8) is 0 Å². The van der Waals surface area contributed by atoms with Crippen molar-refractivity contribution in [1.82, 2.24) is 14.9 Å². The molecular weight excluding hydrogens is 474 g/mol. The molecule has 0 spiro atoms. The molecule has 10 heteroatoms. The largest absolute Gasteiger partial charge is 0.497 e. The maximum Gasteiger partial charge on any atom is 0.273 e. The van der Waals surface area contributed by atoms with Crippen LogP contribution < -0.4 is 9.64 Å². The number of fused-ring (bicyclic) bond motifs is 1. The molecule has 2 aliphatic heterocycles. The Morgan fingerprint density at radius 3 is 2.57 bits per heavy atom. The molecule has 0 unspecified atom stereocenters. The van der Waals surface area contributed by atoms with Gasteiger partial charge < -0.3 is 19.3 Å². The first kappa shape index (κ1) is 24.6. The molecule has 1 saturated heterocycles. The number of nitro groups is 1. The summed E-state index contributed by atoms with van der Waals surface area (Å²) in [5.41, 5.74) is 3.75. The van der Waals surface area contributed by atoms with Gasteiger partial charge in [0, 0.05) is 55.2 Å². The van der Waals surface area contributed by atoms with Crippen LogP contribution in [-0.4, -0.2) is 65.7 Å². The molecule has 37 heavy (non-hydrogen) atoms. The fourth-order valence-corrected chi connectivity index (χ4v) is 4.78. The summed E-state index contributed by atoms with van der Waals surface area (Å²) in [6, 6.07) is 12.5. The Kier molecular flexibility index (Phi) is 7.00. The smallest absolute Gasteiger partial charge is 0.273 e. The normalized spacial score (nSPS) is 15.3. The summed E-state index contributed by atoms with van der Waals surface area (Å²) < 4.78 is 10.8. The third-order valence-electron chi connectivity index (χ3n) is 6.86. The Morgan fingerprint density at radius 1 is 1.11 bits per heavy atom. The van der Waals surface area contributed by atoms with Crippen molar-refractivity contribution in [2.24, 2.45) is 0 Å². The van der Waals surface area contributed by atoms with Crippen molar-refractivity contribution in [1.29, 1.82) is 0 Å². The van der Waals surface area contributed by atoms with Crippen molar-refractivity contribution >= 4 is 17.4 Å². The Labute approximate surface area is 215 Å². The number of nitrogens with zero attached hydrogens (tertiary/aromatic N) is 5. The standard InChI is InChI=1S/C27H29N5O5/c1-18-3-6-20(16-24(18)32(34)35)27(33)31-10-9-23-22(17-31)26(30-11-13-37-14-12-30)29-25(28-23)15-19-4-7-21(36-2)8-5-19/h3-8,16H,9-15,17H2,1-2H3. The molecule has 1 aromatic heterocycles. The summed E-state index contributed by atoms with van der Waals surface area (Å²) in [5, 5.41) is 11.4. The second-order valence-corrected chi connectivity index (χ2v) is 9.25. The highest BCUT2D eigenvalue weighted by molar-refractivity contribution is 5.95. The van der Waals surface area contributed by atoms with E-state index in [2.05, 4.69) is 4.90 Å². The van der Waals surface area contributed by atoms with Crippen LogP contribution in [-0.2, 0) is 24.1 Å². The highest BCUT2D eigenvalue weighted by atomic mass is 16.6. The summed E-state index contributed by atoms with van der Waals surface area (Å²) in [6.07, 6.45) is 1.18. The van der Waals surface area contributed by atoms with E-state index in [0.717, 1.165) is 34.2 Å². The molecule has 0 saturated carbocycles. The van der Waals surface area contributed by atoms with Gasteiger partial charge in [0.05, 0.1) is 37.5 Å². The van der Waals surface area contributed by atoms with E-state index < -0.39 is 4.92 Å². The number of hydrogen-bond donors (Lipinski definition) is 0. The van der Waals surface area contributed by atoms with E-state index in [0.29, 0.717) is 63.4 Å². The highest BCUT2D eigenvalue weighted by Gasteiger charge is 2.29. The minimum absolute atomic E-state index is 0.0521. The number of carbonyl (C=O) groups is 1. The van der Waals surface area contributed by atoms with E-state index in [1.54, 1.807) is 31.1 Å². The van der Waals surface area contributed by atoms with Gasteiger partial charge in [-0.15, -0.1) is 0 Å². The van der Waals surface area contributed by atoms with Crippen molar-refractivity contribution < 1.29 is 19.2 Å². The zero-order valence-corrected chi connectivity index (χ0v) is 21.0. The van der Waals surface area contributed by atoms with Crippen LogP contribution in [0.5, 0.6) is 5.75 Å². The van der Waals surface area contributed by atoms with Crippen molar-refractivity contribution in [3.05, 3.63) is 86.4 Å². The maximum absolute atomic E-state index is 13.4. The highest BCUT2D eigenvalue weighted by Crippen LogP contribution is 2.30. The quantitative estimate of drug-likeness (QED) is 0.372. The van der Waals surface area contributed by atoms with Gasteiger partial charge in [-0.2, -0.15) is 0 Å². The van der Waals surface area contributed by atoms with Gasteiger partial charge >= 0.3 is 0 Å². The van der Waals surface area contributed by atoms with Crippen molar-refractivity contribution in [2.45, 2.75) is 26.3 Å². The molecule has 0 bridgehead atoms. The van der Waals surface area contributed by atoms with Gasteiger partial charge in [0.1, 0.15) is 17.4 Å². The van der Waals surface area contributed by atoms with Crippen LogP contribution in [0.1, 0.15) is 38.6 Å². The van der Waals surface area contributed by atoms with E-state index in [1.807, 2.05) is 24.3 Å². The van der Waals surface area contributed by atoms with Crippen LogP contribution in [0.3, 0.4) is 0 Å². The number of methoxy groups -OCH3 is 1. The van der Waals surface area contributed by atoms with Gasteiger partial charge in [-0.25, -0.2) is 9.97 Å². The molecule has 1 fully saturated rings. The number of hydrogen-bond acceptors (Lipinski definition) is 8. The first-order chi connectivity index (χ1) is 17.9. The first-order valence-electron chi connectivity index (χ1n) is 12.3. The lowest BCUT2D eigenvalue weighted by atomic mass is 10.0. The average Bonchev–Trinajstić information content (AvgIpc) is 2.93. The minimum Gasteiger partial charge on any atom is -0.497 e. The summed E-state index contributed by atoms with van der Waals surface area (Å²) in [4.78, 5) is 38.1. The number of amides is 1. The van der Waals surface area contributed by atoms with E-state index in [-0.39, 0.29) is 11.6 Å². The van der Waals surface area contributed by atoms with E-state index in [4.69, 9.17) is 19.4 Å². The molecule has 0 N–H and O–H groups in total. The molecule has 5 rings (SSSR count). The number of anilines is 1. The second kappa shape index (κ2) is 10.5. The van der Waals surface area contributed by atoms with E-state index in [9.17, 15) is 14.9 Å². The van der Waals surface area contributed by atoms with Crippen molar-refractivity contribution in [3.8, 4) is 5.75 Å². The first-order valence-corrected chi connectivity index (χ1v) is 12.3. The minimum atomic E-state index is -0.452. The lowest BCUT2D eigenvalue weighted by Crippen LogP contribution is -2.41. The zero-order chi connectivity index (χ0) is 25.9. The van der Waals surface area contributed by atoms with E-state index in [1.165, 1.54) is 6.07 Å². The summed E-state index contributed by atoms with van der Waals surface area (Å²) in [5.74, 6) is 2.14. The van der Waals surface area contributed by atoms with Gasteiger partial charge in [-0.05, 0) is 30.7 Å². The van der Waals surface area contributed by atoms with Crippen LogP contribution in [0.25, 0.3) is 0 Å². The lowest BCUT2D eigenvalue weighted by molar-refractivity contribution is -0.385. The molecule has 1 amide bonds. The fraction of sp³-hybridized carbons (Fsp3) is 0.370. The monoisotopic (exact) mass is 503 g/mol. The van der Waals surface area contributed by atoms with Crippen LogP contribution in [0.15, 0.2) is 42.5 Å². The van der Waals surface area contributed by atoms with Crippen LogP contribution in [0.2, 0.25) is 0 Å². The van der Waals surface area contributed by atoms with Gasteiger partial charge in [-0.1, -0.05) is 18.2 Å². The van der Waals surface area contributed by atoms with Crippen molar-refractivity contribution in [2.75, 3.05) is 44.9 Å². The molecule has 192 valence electrons. The number of aryl methyl sites for hydroxylation is 1. The molecule has 10 nitrogen and oxygen atoms in total. The maximum atomic E-state index is 13.4. The molecule has 2 aliphatic rings. The summed E-state index contributed by atoms with van der Waals surface area (Å²) in [7, 11) is 1.64. The number of ether oxygens (including phenoxy) is 2. The molecule has 0 atom stereocenters. The number of benzene rings is 2. The molecule has 3 heterocycles. The Bertz CT molecular complexity index is 1320. The topological polar surface area (TPSA) is 111 Å². The third kappa shape index (κ3) is 5.24. The molecule has 0 radical (unpaired) electrons. The zero-order valence-electron chi connectivity index (χ0n) is 21.0. The Hall–Kier alpha value is -4.05.